The summed E-state index contributed by atoms with van der Waals surface area (Å²) in [5.74, 6) is 0.447. The molecule has 4 nitrogen and oxygen atoms in total. The van der Waals surface area contributed by atoms with Crippen molar-refractivity contribution in [1.29, 1.82) is 0 Å². The van der Waals surface area contributed by atoms with E-state index in [-0.39, 0.29) is 12.3 Å². The zero-order chi connectivity index (χ0) is 8.91. The zero-order valence-electron chi connectivity index (χ0n) is 6.66. The Balaban J connectivity index is 3.63. The fourth-order valence-corrected chi connectivity index (χ4v) is 1.58. The lowest BCUT2D eigenvalue weighted by atomic mass is 10.8. The first kappa shape index (κ1) is 11.1. The van der Waals surface area contributed by atoms with Crippen LogP contribution in [0, 0.1) is 0 Å². The molecule has 1 atom stereocenters. The highest BCUT2D eigenvalue weighted by molar-refractivity contribution is 7.89. The van der Waals surface area contributed by atoms with E-state index in [0.717, 1.165) is 0 Å². The molecule has 0 aliphatic heterocycles. The highest BCUT2D eigenvalue weighted by Gasteiger charge is 2.04. The van der Waals surface area contributed by atoms with Gasteiger partial charge < -0.3 is 0 Å². The molecular formula is C5H13NO3S2. The van der Waals surface area contributed by atoms with Crippen molar-refractivity contribution in [2.75, 3.05) is 24.3 Å². The predicted molar refractivity (Wildman–Crippen MR) is 46.4 cm³/mol. The molecule has 68 valence electrons. The lowest BCUT2D eigenvalue weighted by molar-refractivity contribution is 0.585. The van der Waals surface area contributed by atoms with Crippen LogP contribution in [0.1, 0.15) is 6.92 Å². The molecule has 0 fully saturated rings. The Morgan fingerprint density at radius 3 is 2.36 bits per heavy atom. The van der Waals surface area contributed by atoms with E-state index >= 15 is 0 Å². The standard InChI is InChI=1S/C5H13NO3S2/c1-3-11(8,9)6-4-5-10(2)7/h6H,3-5H2,1-2H3. The average Bonchev–Trinajstić information content (AvgIpc) is 1.87. The van der Waals surface area contributed by atoms with E-state index in [2.05, 4.69) is 4.72 Å². The Hall–Kier alpha value is 0.0600. The quantitative estimate of drug-likeness (QED) is 0.637. The van der Waals surface area contributed by atoms with Crippen molar-refractivity contribution in [2.45, 2.75) is 6.92 Å². The molecule has 0 rings (SSSR count). The molecule has 0 heterocycles. The lowest BCUT2D eigenvalue weighted by Crippen LogP contribution is -2.28. The normalized spacial score (nSPS) is 14.7. The molecule has 0 spiro atoms. The van der Waals surface area contributed by atoms with Crippen LogP contribution >= 0.6 is 0 Å². The molecular weight excluding hydrogens is 186 g/mol. The van der Waals surface area contributed by atoms with Crippen LogP contribution in [-0.2, 0) is 20.8 Å². The van der Waals surface area contributed by atoms with Gasteiger partial charge in [-0.25, -0.2) is 13.1 Å². The van der Waals surface area contributed by atoms with E-state index in [1.54, 1.807) is 13.2 Å². The second-order valence-electron chi connectivity index (χ2n) is 2.08. The average molecular weight is 199 g/mol. The Morgan fingerprint density at radius 2 is 2.00 bits per heavy atom. The summed E-state index contributed by atoms with van der Waals surface area (Å²) in [5.41, 5.74) is 0. The third-order valence-corrected chi connectivity index (χ3v) is 3.27. The SMILES string of the molecule is CCS(=O)(=O)NCCS(C)=O. The fraction of sp³-hybridized carbons (Fsp3) is 1.00. The summed E-state index contributed by atoms with van der Waals surface area (Å²) in [6.45, 7) is 1.82. The van der Waals surface area contributed by atoms with Crippen LogP contribution in [0.5, 0.6) is 0 Å². The third kappa shape index (κ3) is 6.46. The van der Waals surface area contributed by atoms with E-state index < -0.39 is 20.8 Å². The predicted octanol–water partition coefficient (Wildman–Crippen LogP) is -0.696. The Bertz CT molecular complexity index is 222. The minimum absolute atomic E-state index is 0.0728. The first-order valence-electron chi connectivity index (χ1n) is 3.25. The summed E-state index contributed by atoms with van der Waals surface area (Å²) in [6.07, 6.45) is 1.54. The fourth-order valence-electron chi connectivity index (χ4n) is 0.443. The zero-order valence-corrected chi connectivity index (χ0v) is 8.30. The van der Waals surface area contributed by atoms with Gasteiger partial charge in [0.2, 0.25) is 10.0 Å². The summed E-state index contributed by atoms with van der Waals surface area (Å²) in [6, 6.07) is 0. The van der Waals surface area contributed by atoms with Crippen molar-refractivity contribution in [1.82, 2.24) is 4.72 Å². The second-order valence-corrected chi connectivity index (χ2v) is 5.73. The number of nitrogens with one attached hydrogen (secondary N) is 1. The Kier molecular flexibility index (Phi) is 4.87. The third-order valence-electron chi connectivity index (χ3n) is 1.09. The molecule has 0 aromatic rings. The molecule has 11 heavy (non-hydrogen) atoms. The van der Waals surface area contributed by atoms with Gasteiger partial charge in [-0.15, -0.1) is 0 Å². The summed E-state index contributed by atoms with van der Waals surface area (Å²) in [5, 5.41) is 0. The van der Waals surface area contributed by atoms with Gasteiger partial charge in [-0.2, -0.15) is 0 Å². The molecule has 1 N–H and O–H groups in total. The van der Waals surface area contributed by atoms with Crippen molar-refractivity contribution < 1.29 is 12.6 Å². The summed E-state index contributed by atoms with van der Waals surface area (Å²) in [4.78, 5) is 0. The molecule has 0 aliphatic carbocycles. The lowest BCUT2D eigenvalue weighted by Gasteiger charge is -2.01. The van der Waals surface area contributed by atoms with Gasteiger partial charge in [0.05, 0.1) is 5.75 Å². The van der Waals surface area contributed by atoms with Crippen LogP contribution in [-0.4, -0.2) is 36.9 Å². The molecule has 0 bridgehead atoms. The maximum Gasteiger partial charge on any atom is 0.211 e. The largest absolute Gasteiger partial charge is 0.260 e. The first-order chi connectivity index (χ1) is 4.98. The van der Waals surface area contributed by atoms with Gasteiger partial charge in [-0.3, -0.25) is 4.21 Å². The molecule has 1 unspecified atom stereocenters. The van der Waals surface area contributed by atoms with Crippen molar-refractivity contribution >= 4 is 20.8 Å². The maximum atomic E-state index is 10.8. The van der Waals surface area contributed by atoms with Gasteiger partial charge in [0.15, 0.2) is 0 Å². The van der Waals surface area contributed by atoms with Crippen molar-refractivity contribution in [3.05, 3.63) is 0 Å². The molecule has 6 heteroatoms. The minimum atomic E-state index is -3.10. The van der Waals surface area contributed by atoms with E-state index in [0.29, 0.717) is 5.75 Å². The van der Waals surface area contributed by atoms with Crippen LogP contribution < -0.4 is 4.72 Å². The molecule has 0 aliphatic rings. The first-order valence-corrected chi connectivity index (χ1v) is 6.63. The Labute approximate surface area is 69.9 Å². The van der Waals surface area contributed by atoms with E-state index in [4.69, 9.17) is 0 Å². The Morgan fingerprint density at radius 1 is 1.45 bits per heavy atom. The van der Waals surface area contributed by atoms with Gasteiger partial charge in [0.1, 0.15) is 0 Å². The van der Waals surface area contributed by atoms with Gasteiger partial charge in [0.25, 0.3) is 0 Å². The smallest absolute Gasteiger partial charge is 0.211 e. The van der Waals surface area contributed by atoms with Crippen molar-refractivity contribution in [3.63, 3.8) is 0 Å². The maximum absolute atomic E-state index is 10.8. The molecule has 0 amide bonds. The molecule has 0 aromatic heterocycles. The van der Waals surface area contributed by atoms with E-state index in [9.17, 15) is 12.6 Å². The summed E-state index contributed by atoms with van der Waals surface area (Å²) < 4.78 is 34.4. The molecule has 0 aromatic carbocycles. The van der Waals surface area contributed by atoms with Crippen LogP contribution in [0.25, 0.3) is 0 Å². The van der Waals surface area contributed by atoms with E-state index in [1.165, 1.54) is 0 Å². The molecule has 0 radical (unpaired) electrons. The minimum Gasteiger partial charge on any atom is -0.260 e. The number of hydrogen-bond donors (Lipinski definition) is 1. The van der Waals surface area contributed by atoms with Crippen molar-refractivity contribution in [2.24, 2.45) is 0 Å². The number of sulfonamides is 1. The monoisotopic (exact) mass is 199 g/mol. The van der Waals surface area contributed by atoms with E-state index in [1.807, 2.05) is 0 Å². The van der Waals surface area contributed by atoms with Gasteiger partial charge >= 0.3 is 0 Å². The van der Waals surface area contributed by atoms with Gasteiger partial charge in [-0.1, -0.05) is 0 Å². The topological polar surface area (TPSA) is 63.2 Å². The highest BCUT2D eigenvalue weighted by atomic mass is 32.2. The van der Waals surface area contributed by atoms with Gasteiger partial charge in [0, 0.05) is 29.4 Å². The molecule has 0 saturated carbocycles. The molecule has 0 saturated heterocycles. The second kappa shape index (κ2) is 4.84. The number of rotatable bonds is 5. The van der Waals surface area contributed by atoms with Crippen LogP contribution in [0.3, 0.4) is 0 Å². The number of hydrogen-bond acceptors (Lipinski definition) is 3. The summed E-state index contributed by atoms with van der Waals surface area (Å²) >= 11 is 0. The van der Waals surface area contributed by atoms with Crippen LogP contribution in [0.15, 0.2) is 0 Å². The summed E-state index contributed by atoms with van der Waals surface area (Å²) in [7, 11) is -4.03. The highest BCUT2D eigenvalue weighted by Crippen LogP contribution is 1.81. The van der Waals surface area contributed by atoms with Crippen LogP contribution in [0.2, 0.25) is 0 Å². The van der Waals surface area contributed by atoms with Crippen molar-refractivity contribution in [3.8, 4) is 0 Å². The van der Waals surface area contributed by atoms with Gasteiger partial charge in [-0.05, 0) is 6.92 Å². The van der Waals surface area contributed by atoms with Crippen LogP contribution in [0.4, 0.5) is 0 Å².